The van der Waals surface area contributed by atoms with Crippen LogP contribution in [0.3, 0.4) is 0 Å². The molecule has 3 N–H and O–H groups in total. The summed E-state index contributed by atoms with van der Waals surface area (Å²) in [5.41, 5.74) is 7.44. The molecule has 2 rings (SSSR count). The first-order valence-electron chi connectivity index (χ1n) is 6.30. The molecule has 0 radical (unpaired) electrons. The van der Waals surface area contributed by atoms with Gasteiger partial charge in [0.15, 0.2) is 0 Å². The molecule has 4 heteroatoms. The Hall–Kier alpha value is -0.900. The average Bonchev–Trinajstić information content (AvgIpc) is 2.72. The second-order valence-corrected chi connectivity index (χ2v) is 6.18. The minimum Gasteiger partial charge on any atom is -0.397 e. The lowest BCUT2D eigenvalue weighted by Gasteiger charge is -2.14. The van der Waals surface area contributed by atoms with E-state index in [4.69, 9.17) is 5.73 Å². The van der Waals surface area contributed by atoms with Gasteiger partial charge in [-0.25, -0.2) is 4.98 Å². The number of aryl methyl sites for hydroxylation is 1. The lowest BCUT2D eigenvalue weighted by molar-refractivity contribution is 0.751. The van der Waals surface area contributed by atoms with Crippen molar-refractivity contribution in [3.8, 4) is 0 Å². The Balaban J connectivity index is 1.91. The fraction of sp³-hybridized carbons (Fsp3) is 0.615. The van der Waals surface area contributed by atoms with Gasteiger partial charge in [0.25, 0.3) is 0 Å². The number of nitrogens with one attached hydrogen (secondary N) is 1. The molecule has 1 saturated carbocycles. The number of nitrogens with two attached hydrogens (primary N) is 1. The van der Waals surface area contributed by atoms with Crippen molar-refractivity contribution in [1.29, 1.82) is 0 Å². The van der Waals surface area contributed by atoms with Gasteiger partial charge in [0, 0.05) is 11.3 Å². The maximum absolute atomic E-state index is 5.76. The Kier molecular flexibility index (Phi) is 4.15. The van der Waals surface area contributed by atoms with E-state index in [9.17, 15) is 0 Å². The summed E-state index contributed by atoms with van der Waals surface area (Å²) in [5, 5.41) is 4.34. The molecule has 0 aromatic carbocycles. The van der Waals surface area contributed by atoms with Crippen molar-refractivity contribution in [2.24, 2.45) is 0 Å². The molecule has 17 heavy (non-hydrogen) atoms. The highest BCUT2D eigenvalue weighted by molar-refractivity contribution is 7.99. The number of nitrogen functional groups attached to an aromatic ring is 1. The zero-order chi connectivity index (χ0) is 12.3. The zero-order valence-corrected chi connectivity index (χ0v) is 11.4. The van der Waals surface area contributed by atoms with Crippen molar-refractivity contribution in [3.05, 3.63) is 17.8 Å². The van der Waals surface area contributed by atoms with Crippen molar-refractivity contribution in [2.75, 3.05) is 16.8 Å². The molecule has 2 unspecified atom stereocenters. The Labute approximate surface area is 108 Å². The Morgan fingerprint density at radius 1 is 1.47 bits per heavy atom. The Bertz CT molecular complexity index is 381. The van der Waals surface area contributed by atoms with Crippen molar-refractivity contribution in [2.45, 2.75) is 44.4 Å². The monoisotopic (exact) mass is 251 g/mol. The maximum atomic E-state index is 5.76. The number of hydrogen-bond acceptors (Lipinski definition) is 4. The van der Waals surface area contributed by atoms with Gasteiger partial charge in [-0.3, -0.25) is 0 Å². The van der Waals surface area contributed by atoms with Crippen LogP contribution in [-0.4, -0.2) is 22.0 Å². The summed E-state index contributed by atoms with van der Waals surface area (Å²) in [7, 11) is 0. The van der Waals surface area contributed by atoms with E-state index in [1.54, 1.807) is 0 Å². The SMILES string of the molecule is CCSC1CCC(Nc2ccc(N)c(C)n2)C1. The lowest BCUT2D eigenvalue weighted by Crippen LogP contribution is -2.17. The number of hydrogen-bond donors (Lipinski definition) is 2. The topological polar surface area (TPSA) is 50.9 Å². The predicted octanol–water partition coefficient (Wildman–Crippen LogP) is 3.06. The number of aromatic nitrogens is 1. The molecule has 0 spiro atoms. The van der Waals surface area contributed by atoms with Gasteiger partial charge in [-0.05, 0) is 44.1 Å². The molecule has 1 aromatic rings. The molecule has 1 fully saturated rings. The molecule has 3 nitrogen and oxygen atoms in total. The van der Waals surface area contributed by atoms with Crippen LogP contribution in [0.2, 0.25) is 0 Å². The molecule has 0 amide bonds. The highest BCUT2D eigenvalue weighted by Crippen LogP contribution is 2.31. The van der Waals surface area contributed by atoms with Crippen molar-refractivity contribution < 1.29 is 0 Å². The van der Waals surface area contributed by atoms with Crippen LogP contribution >= 0.6 is 11.8 Å². The van der Waals surface area contributed by atoms with Crippen LogP contribution in [0.15, 0.2) is 12.1 Å². The van der Waals surface area contributed by atoms with Crippen LogP contribution in [0.5, 0.6) is 0 Å². The van der Waals surface area contributed by atoms with Gasteiger partial charge in [0.1, 0.15) is 5.82 Å². The first-order chi connectivity index (χ1) is 8.19. The predicted molar refractivity (Wildman–Crippen MR) is 76.6 cm³/mol. The van der Waals surface area contributed by atoms with E-state index in [1.807, 2.05) is 19.1 Å². The van der Waals surface area contributed by atoms with E-state index in [1.165, 1.54) is 25.0 Å². The highest BCUT2D eigenvalue weighted by atomic mass is 32.2. The van der Waals surface area contributed by atoms with E-state index in [0.717, 1.165) is 22.4 Å². The van der Waals surface area contributed by atoms with Gasteiger partial charge in [0.2, 0.25) is 0 Å². The van der Waals surface area contributed by atoms with E-state index in [2.05, 4.69) is 29.0 Å². The zero-order valence-electron chi connectivity index (χ0n) is 10.6. The molecule has 2 atom stereocenters. The molecule has 0 aliphatic heterocycles. The van der Waals surface area contributed by atoms with Crippen LogP contribution in [0.4, 0.5) is 11.5 Å². The third-order valence-corrected chi connectivity index (χ3v) is 4.50. The number of pyridine rings is 1. The molecule has 1 aliphatic rings. The highest BCUT2D eigenvalue weighted by Gasteiger charge is 2.24. The minimum atomic E-state index is 0.578. The van der Waals surface area contributed by atoms with E-state index >= 15 is 0 Å². The summed E-state index contributed by atoms with van der Waals surface area (Å²) < 4.78 is 0. The van der Waals surface area contributed by atoms with Crippen molar-refractivity contribution in [1.82, 2.24) is 4.98 Å². The normalized spacial score (nSPS) is 23.9. The summed E-state index contributed by atoms with van der Waals surface area (Å²) in [6, 6.07) is 4.48. The van der Waals surface area contributed by atoms with Gasteiger partial charge < -0.3 is 11.1 Å². The first-order valence-corrected chi connectivity index (χ1v) is 7.35. The second kappa shape index (κ2) is 5.63. The van der Waals surface area contributed by atoms with Gasteiger partial charge in [-0.15, -0.1) is 0 Å². The molecular formula is C13H21N3S. The number of anilines is 2. The van der Waals surface area contributed by atoms with Crippen LogP contribution in [0, 0.1) is 6.92 Å². The van der Waals surface area contributed by atoms with Gasteiger partial charge in [0.05, 0.1) is 11.4 Å². The maximum Gasteiger partial charge on any atom is 0.126 e. The Morgan fingerprint density at radius 3 is 3.00 bits per heavy atom. The second-order valence-electron chi connectivity index (χ2n) is 4.60. The fourth-order valence-electron chi connectivity index (χ4n) is 2.32. The average molecular weight is 251 g/mol. The van der Waals surface area contributed by atoms with Crippen LogP contribution in [-0.2, 0) is 0 Å². The summed E-state index contributed by atoms with van der Waals surface area (Å²) in [6.45, 7) is 4.18. The third-order valence-electron chi connectivity index (χ3n) is 3.27. The standard InChI is InChI=1S/C13H21N3S/c1-3-17-11-5-4-10(8-11)16-13-7-6-12(14)9(2)15-13/h6-7,10-11H,3-5,8,14H2,1-2H3,(H,15,16). The van der Waals surface area contributed by atoms with Crippen LogP contribution < -0.4 is 11.1 Å². The molecule has 1 aliphatic carbocycles. The summed E-state index contributed by atoms with van der Waals surface area (Å²) in [4.78, 5) is 4.46. The van der Waals surface area contributed by atoms with E-state index < -0.39 is 0 Å². The number of rotatable bonds is 4. The summed E-state index contributed by atoms with van der Waals surface area (Å²) >= 11 is 2.08. The van der Waals surface area contributed by atoms with Crippen LogP contribution in [0.1, 0.15) is 31.9 Å². The number of thioether (sulfide) groups is 1. The first kappa shape index (κ1) is 12.6. The molecule has 1 aromatic heterocycles. The van der Waals surface area contributed by atoms with Crippen LogP contribution in [0.25, 0.3) is 0 Å². The van der Waals surface area contributed by atoms with Gasteiger partial charge in [-0.2, -0.15) is 11.8 Å². The Morgan fingerprint density at radius 2 is 2.29 bits per heavy atom. The van der Waals surface area contributed by atoms with Crippen molar-refractivity contribution in [3.63, 3.8) is 0 Å². The van der Waals surface area contributed by atoms with E-state index in [0.29, 0.717) is 6.04 Å². The minimum absolute atomic E-state index is 0.578. The number of nitrogens with zero attached hydrogens (tertiary/aromatic N) is 1. The summed E-state index contributed by atoms with van der Waals surface area (Å²) in [6.07, 6.45) is 3.83. The fourth-order valence-corrected chi connectivity index (χ4v) is 3.46. The smallest absolute Gasteiger partial charge is 0.126 e. The lowest BCUT2D eigenvalue weighted by atomic mass is 10.2. The molecule has 0 bridgehead atoms. The molecular weight excluding hydrogens is 230 g/mol. The third kappa shape index (κ3) is 3.28. The molecule has 94 valence electrons. The van der Waals surface area contributed by atoms with Gasteiger partial charge >= 0.3 is 0 Å². The van der Waals surface area contributed by atoms with E-state index in [-0.39, 0.29) is 0 Å². The summed E-state index contributed by atoms with van der Waals surface area (Å²) in [5.74, 6) is 2.18. The van der Waals surface area contributed by atoms with Gasteiger partial charge in [-0.1, -0.05) is 6.92 Å². The quantitative estimate of drug-likeness (QED) is 0.863. The largest absolute Gasteiger partial charge is 0.397 e. The van der Waals surface area contributed by atoms with Crippen molar-refractivity contribution >= 4 is 23.3 Å². The molecule has 0 saturated heterocycles. The molecule has 1 heterocycles.